The third kappa shape index (κ3) is 3.90. The van der Waals surface area contributed by atoms with Crippen LogP contribution in [-0.4, -0.2) is 27.8 Å². The van der Waals surface area contributed by atoms with Crippen molar-refractivity contribution in [1.82, 2.24) is 15.1 Å². The molecule has 0 saturated carbocycles. The van der Waals surface area contributed by atoms with Gasteiger partial charge in [0.1, 0.15) is 5.82 Å². The summed E-state index contributed by atoms with van der Waals surface area (Å²) in [7, 11) is 0. The molecule has 2 aromatic rings. The van der Waals surface area contributed by atoms with Gasteiger partial charge in [-0.05, 0) is 43.2 Å². The molecule has 26 heavy (non-hydrogen) atoms. The van der Waals surface area contributed by atoms with Crippen molar-refractivity contribution in [3.63, 3.8) is 0 Å². The summed E-state index contributed by atoms with van der Waals surface area (Å²) in [5.74, 6) is 1.20. The zero-order valence-corrected chi connectivity index (χ0v) is 15.9. The molecule has 0 radical (unpaired) electrons. The lowest BCUT2D eigenvalue weighted by molar-refractivity contribution is -0.117. The van der Waals surface area contributed by atoms with Gasteiger partial charge < -0.3 is 10.6 Å². The number of halogens is 2. The fourth-order valence-corrected chi connectivity index (χ4v) is 4.57. The van der Waals surface area contributed by atoms with E-state index in [1.165, 1.54) is 12.8 Å². The maximum atomic E-state index is 12.5. The molecule has 3 heterocycles. The highest BCUT2D eigenvalue weighted by molar-refractivity contribution is 6.42. The Labute approximate surface area is 163 Å². The summed E-state index contributed by atoms with van der Waals surface area (Å²) < 4.78 is 1.74. The molecule has 2 aliphatic heterocycles. The highest BCUT2D eigenvalue weighted by Gasteiger charge is 2.34. The quantitative estimate of drug-likeness (QED) is 0.804. The van der Waals surface area contributed by atoms with Gasteiger partial charge in [0.05, 0.1) is 22.8 Å². The lowest BCUT2D eigenvalue weighted by Crippen LogP contribution is -2.39. The lowest BCUT2D eigenvalue weighted by atomic mass is 9.89. The van der Waals surface area contributed by atoms with E-state index in [1.54, 1.807) is 16.9 Å². The standard InChI is InChI=1S/C19H22Cl2N4O/c20-16-3-1-2-13(19(16)21)11-25-17(6-7-22-25)24-18(26)10-12-8-14-4-5-15(9-12)23-14/h1-3,6-7,12,14-15,23H,4-5,8-11H2,(H,24,26). The number of nitrogens with zero attached hydrogens (tertiary/aromatic N) is 2. The Bertz CT molecular complexity index is 795. The summed E-state index contributed by atoms with van der Waals surface area (Å²) in [5, 5.41) is 12.0. The summed E-state index contributed by atoms with van der Waals surface area (Å²) >= 11 is 12.3. The summed E-state index contributed by atoms with van der Waals surface area (Å²) in [6.45, 7) is 0.458. The molecule has 1 aromatic heterocycles. The van der Waals surface area contributed by atoms with Crippen molar-refractivity contribution in [1.29, 1.82) is 0 Å². The molecule has 5 nitrogen and oxygen atoms in total. The number of nitrogens with one attached hydrogen (secondary N) is 2. The van der Waals surface area contributed by atoms with Gasteiger partial charge in [-0.1, -0.05) is 35.3 Å². The average molecular weight is 393 g/mol. The largest absolute Gasteiger partial charge is 0.311 e. The van der Waals surface area contributed by atoms with Crippen LogP contribution in [0.1, 0.15) is 37.7 Å². The number of piperidine rings is 1. The maximum absolute atomic E-state index is 12.5. The van der Waals surface area contributed by atoms with Crippen molar-refractivity contribution in [3.8, 4) is 0 Å². The summed E-state index contributed by atoms with van der Waals surface area (Å²) in [4.78, 5) is 12.5. The second-order valence-electron chi connectivity index (χ2n) is 7.31. The fourth-order valence-electron chi connectivity index (χ4n) is 4.19. The highest BCUT2D eigenvalue weighted by atomic mass is 35.5. The van der Waals surface area contributed by atoms with Gasteiger partial charge in [0.2, 0.25) is 5.91 Å². The number of fused-ring (bicyclic) bond motifs is 2. The second kappa shape index (κ2) is 7.59. The van der Waals surface area contributed by atoms with Gasteiger partial charge in [-0.2, -0.15) is 5.10 Å². The predicted octanol–water partition coefficient (Wildman–Crippen LogP) is 4.10. The van der Waals surface area contributed by atoms with Gasteiger partial charge in [-0.3, -0.25) is 4.79 Å². The molecule has 2 saturated heterocycles. The SMILES string of the molecule is O=C(CC1CC2CCC(C1)N2)Nc1ccnn1Cc1cccc(Cl)c1Cl. The van der Waals surface area contributed by atoms with E-state index in [0.29, 0.717) is 46.8 Å². The minimum atomic E-state index is 0.0511. The third-order valence-electron chi connectivity index (χ3n) is 5.38. The molecule has 4 rings (SSSR count). The monoisotopic (exact) mass is 392 g/mol. The third-order valence-corrected chi connectivity index (χ3v) is 6.24. The molecule has 0 aliphatic carbocycles. The van der Waals surface area contributed by atoms with Gasteiger partial charge in [0, 0.05) is 24.6 Å². The first-order valence-electron chi connectivity index (χ1n) is 9.09. The number of hydrogen-bond acceptors (Lipinski definition) is 3. The Kier molecular flexibility index (Phi) is 5.20. The van der Waals surface area contributed by atoms with Gasteiger partial charge >= 0.3 is 0 Å². The van der Waals surface area contributed by atoms with Crippen molar-refractivity contribution in [2.24, 2.45) is 5.92 Å². The van der Waals surface area contributed by atoms with Gasteiger partial charge in [0.15, 0.2) is 0 Å². The molecule has 1 aromatic carbocycles. The summed E-state index contributed by atoms with van der Waals surface area (Å²) in [6.07, 6.45) is 6.94. The van der Waals surface area contributed by atoms with Gasteiger partial charge in [-0.25, -0.2) is 4.68 Å². The van der Waals surface area contributed by atoms with Crippen LogP contribution in [0.15, 0.2) is 30.5 Å². The number of benzene rings is 1. The zero-order valence-electron chi connectivity index (χ0n) is 14.4. The molecular formula is C19H22Cl2N4O. The van der Waals surface area contributed by atoms with E-state index in [2.05, 4.69) is 15.7 Å². The van der Waals surface area contributed by atoms with Crippen molar-refractivity contribution < 1.29 is 4.79 Å². The minimum Gasteiger partial charge on any atom is -0.311 e. The van der Waals surface area contributed by atoms with Crippen molar-refractivity contribution >= 4 is 34.9 Å². The Morgan fingerprint density at radius 2 is 2.00 bits per heavy atom. The molecule has 1 amide bonds. The van der Waals surface area contributed by atoms with Crippen LogP contribution >= 0.6 is 23.2 Å². The minimum absolute atomic E-state index is 0.0511. The van der Waals surface area contributed by atoms with Crippen LogP contribution in [0.2, 0.25) is 10.0 Å². The van der Waals surface area contributed by atoms with E-state index in [9.17, 15) is 4.79 Å². The van der Waals surface area contributed by atoms with Gasteiger partial charge in [0.25, 0.3) is 0 Å². The van der Waals surface area contributed by atoms with E-state index >= 15 is 0 Å². The van der Waals surface area contributed by atoms with E-state index < -0.39 is 0 Å². The smallest absolute Gasteiger partial charge is 0.225 e. The number of aromatic nitrogens is 2. The molecule has 2 fully saturated rings. The van der Waals surface area contributed by atoms with E-state index in [-0.39, 0.29) is 5.91 Å². The number of carbonyl (C=O) groups excluding carboxylic acids is 1. The van der Waals surface area contributed by atoms with E-state index in [1.807, 2.05) is 18.2 Å². The number of anilines is 1. The molecule has 7 heteroatoms. The predicted molar refractivity (Wildman–Crippen MR) is 104 cm³/mol. The average Bonchev–Trinajstić information content (AvgIpc) is 3.18. The first kappa shape index (κ1) is 17.8. The topological polar surface area (TPSA) is 59.0 Å². The lowest BCUT2D eigenvalue weighted by Gasteiger charge is -2.28. The van der Waals surface area contributed by atoms with Crippen molar-refractivity contribution in [2.75, 3.05) is 5.32 Å². The molecule has 2 atom stereocenters. The highest BCUT2D eigenvalue weighted by Crippen LogP contribution is 2.33. The normalized spacial score (nSPS) is 24.6. The summed E-state index contributed by atoms with van der Waals surface area (Å²) in [5.41, 5.74) is 0.869. The molecular weight excluding hydrogens is 371 g/mol. The number of carbonyl (C=O) groups is 1. The number of amides is 1. The van der Waals surface area contributed by atoms with E-state index in [0.717, 1.165) is 18.4 Å². The van der Waals surface area contributed by atoms with Gasteiger partial charge in [-0.15, -0.1) is 0 Å². The molecule has 2 bridgehead atoms. The van der Waals surface area contributed by atoms with Crippen molar-refractivity contribution in [3.05, 3.63) is 46.1 Å². The molecule has 0 spiro atoms. The van der Waals surface area contributed by atoms with Crippen LogP contribution in [0.3, 0.4) is 0 Å². The molecule has 2 N–H and O–H groups in total. The Morgan fingerprint density at radius 3 is 2.77 bits per heavy atom. The Hall–Kier alpha value is -1.56. The first-order valence-corrected chi connectivity index (χ1v) is 9.84. The van der Waals surface area contributed by atoms with Crippen LogP contribution in [0.25, 0.3) is 0 Å². The number of hydrogen-bond donors (Lipinski definition) is 2. The maximum Gasteiger partial charge on any atom is 0.225 e. The fraction of sp³-hybridized carbons (Fsp3) is 0.474. The first-order chi connectivity index (χ1) is 12.6. The Morgan fingerprint density at radius 1 is 1.23 bits per heavy atom. The van der Waals surface area contributed by atoms with E-state index in [4.69, 9.17) is 23.2 Å². The van der Waals surface area contributed by atoms with Crippen LogP contribution in [0.5, 0.6) is 0 Å². The second-order valence-corrected chi connectivity index (χ2v) is 8.10. The van der Waals surface area contributed by atoms with Crippen LogP contribution in [-0.2, 0) is 11.3 Å². The molecule has 138 valence electrons. The van der Waals surface area contributed by atoms with Crippen molar-refractivity contribution in [2.45, 2.75) is 50.7 Å². The molecule has 2 unspecified atom stereocenters. The Balaban J connectivity index is 1.39. The van der Waals surface area contributed by atoms with Crippen LogP contribution in [0.4, 0.5) is 5.82 Å². The zero-order chi connectivity index (χ0) is 18.1. The number of rotatable bonds is 5. The van der Waals surface area contributed by atoms with Crippen LogP contribution in [0, 0.1) is 5.92 Å². The summed E-state index contributed by atoms with van der Waals surface area (Å²) in [6, 6.07) is 8.53. The van der Waals surface area contributed by atoms with Crippen LogP contribution < -0.4 is 10.6 Å². The molecule has 2 aliphatic rings.